The Labute approximate surface area is 201 Å². The fourth-order valence-electron chi connectivity index (χ4n) is 5.53. The van der Waals surface area contributed by atoms with Crippen molar-refractivity contribution >= 4 is 18.0 Å². The van der Waals surface area contributed by atoms with E-state index in [0.29, 0.717) is 6.42 Å². The number of carbonyl (C=O) groups is 3. The van der Waals surface area contributed by atoms with Gasteiger partial charge in [-0.2, -0.15) is 0 Å². The summed E-state index contributed by atoms with van der Waals surface area (Å²) in [6.45, 7) is 1.12. The van der Waals surface area contributed by atoms with Crippen molar-refractivity contribution in [1.82, 2.24) is 10.2 Å². The molecule has 2 N–H and O–H groups in total. The van der Waals surface area contributed by atoms with Gasteiger partial charge in [0.05, 0.1) is 5.92 Å². The summed E-state index contributed by atoms with van der Waals surface area (Å²) in [6.07, 6.45) is -0.179. The molecule has 1 saturated heterocycles. The number of hydrogen-bond acceptors (Lipinski definition) is 4. The second-order valence-electron chi connectivity index (χ2n) is 9.64. The van der Waals surface area contributed by atoms with Crippen LogP contribution in [0.3, 0.4) is 0 Å². The Hall–Kier alpha value is -3.49. The third-order valence-electron chi connectivity index (χ3n) is 7.65. The van der Waals surface area contributed by atoms with E-state index in [1.54, 1.807) is 0 Å². The Kier molecular flexibility index (Phi) is 5.53. The molecule has 2 aromatic rings. The van der Waals surface area contributed by atoms with Crippen LogP contribution in [0.25, 0.3) is 11.1 Å². The number of fused-ring (bicyclic) bond motifs is 3. The number of carboxylic acids is 1. The first-order valence-electron chi connectivity index (χ1n) is 11.7. The monoisotopic (exact) mass is 484 g/mol. The summed E-state index contributed by atoms with van der Waals surface area (Å²) in [5.74, 6) is -8.59. The third-order valence-corrected chi connectivity index (χ3v) is 7.65. The number of nitrogens with one attached hydrogen (secondary N) is 1. The number of rotatable bonds is 6. The molecule has 0 spiro atoms. The number of halogens is 2. The largest absolute Gasteiger partial charge is 0.480 e. The summed E-state index contributed by atoms with van der Waals surface area (Å²) in [5.41, 5.74) is 2.74. The van der Waals surface area contributed by atoms with E-state index in [-0.39, 0.29) is 25.5 Å². The molecule has 3 atom stereocenters. The maximum atomic E-state index is 14.4. The first-order chi connectivity index (χ1) is 16.7. The Morgan fingerprint density at radius 3 is 2.29 bits per heavy atom. The van der Waals surface area contributed by atoms with Crippen molar-refractivity contribution in [3.63, 3.8) is 0 Å². The number of alkyl carbamates (subject to hydrolysis) is 1. The molecule has 35 heavy (non-hydrogen) atoms. The average molecular weight is 484 g/mol. The second kappa shape index (κ2) is 8.32. The topological polar surface area (TPSA) is 95.9 Å². The molecule has 7 nitrogen and oxygen atoms in total. The highest BCUT2D eigenvalue weighted by atomic mass is 19.3. The van der Waals surface area contributed by atoms with E-state index in [4.69, 9.17) is 4.74 Å². The van der Waals surface area contributed by atoms with Gasteiger partial charge in [-0.3, -0.25) is 4.79 Å². The maximum absolute atomic E-state index is 14.4. The molecule has 0 radical (unpaired) electrons. The molecule has 1 saturated carbocycles. The lowest BCUT2D eigenvalue weighted by Gasteiger charge is -2.31. The van der Waals surface area contributed by atoms with Crippen LogP contribution in [-0.4, -0.2) is 59.1 Å². The van der Waals surface area contributed by atoms with Gasteiger partial charge < -0.3 is 20.1 Å². The van der Waals surface area contributed by atoms with Crippen LogP contribution in [-0.2, 0) is 14.3 Å². The van der Waals surface area contributed by atoms with Crippen molar-refractivity contribution in [3.05, 3.63) is 59.7 Å². The molecule has 2 fully saturated rings. The molecular formula is C26H26F2N2O5. The average Bonchev–Trinajstić information content (AvgIpc) is 3.11. The van der Waals surface area contributed by atoms with E-state index in [1.807, 2.05) is 48.5 Å². The van der Waals surface area contributed by atoms with Crippen LogP contribution in [0.5, 0.6) is 0 Å². The summed E-state index contributed by atoms with van der Waals surface area (Å²) in [4.78, 5) is 37.8. The van der Waals surface area contributed by atoms with Crippen LogP contribution in [0.4, 0.5) is 13.6 Å². The minimum absolute atomic E-state index is 0.0496. The van der Waals surface area contributed by atoms with Gasteiger partial charge in [0.15, 0.2) is 0 Å². The van der Waals surface area contributed by atoms with Crippen molar-refractivity contribution in [3.8, 4) is 11.1 Å². The molecule has 2 aliphatic carbocycles. The lowest BCUT2D eigenvalue weighted by atomic mass is 9.98. The number of alkyl halides is 2. The highest BCUT2D eigenvalue weighted by Crippen LogP contribution is 2.56. The third kappa shape index (κ3) is 3.73. The summed E-state index contributed by atoms with van der Waals surface area (Å²) in [5, 5.41) is 11.8. The van der Waals surface area contributed by atoms with Gasteiger partial charge in [-0.05, 0) is 42.0 Å². The van der Waals surface area contributed by atoms with E-state index in [2.05, 4.69) is 5.32 Å². The van der Waals surface area contributed by atoms with Crippen molar-refractivity contribution in [1.29, 1.82) is 0 Å². The summed E-state index contributed by atoms with van der Waals surface area (Å²) in [7, 11) is 0. The molecule has 1 heterocycles. The van der Waals surface area contributed by atoms with Crippen LogP contribution in [0.15, 0.2) is 48.5 Å². The predicted octanol–water partition coefficient (Wildman–Crippen LogP) is 3.87. The first-order valence-corrected chi connectivity index (χ1v) is 11.7. The van der Waals surface area contributed by atoms with E-state index < -0.39 is 47.8 Å². The van der Waals surface area contributed by atoms with Crippen LogP contribution in [0.2, 0.25) is 0 Å². The SMILES string of the molecule is CC1(C(=O)O)CCCN1C(=O)[C@@H]1[C@H](CNC(=O)OCC2c3ccccc3-c3ccccc32)C1(F)F. The number of hydrogen-bond donors (Lipinski definition) is 2. The minimum atomic E-state index is -3.31. The highest BCUT2D eigenvalue weighted by Gasteiger charge is 2.73. The molecule has 1 unspecified atom stereocenters. The highest BCUT2D eigenvalue weighted by molar-refractivity contribution is 5.91. The number of ether oxygens (including phenoxy) is 1. The van der Waals surface area contributed by atoms with Crippen LogP contribution < -0.4 is 5.32 Å². The summed E-state index contributed by atoms with van der Waals surface area (Å²) >= 11 is 0. The van der Waals surface area contributed by atoms with E-state index in [0.717, 1.165) is 27.2 Å². The number of nitrogens with zero attached hydrogens (tertiary/aromatic N) is 1. The summed E-state index contributed by atoms with van der Waals surface area (Å²) in [6, 6.07) is 15.7. The normalized spacial score (nSPS) is 26.1. The van der Waals surface area contributed by atoms with Gasteiger partial charge >= 0.3 is 12.1 Å². The summed E-state index contributed by atoms with van der Waals surface area (Å²) < 4.78 is 34.3. The van der Waals surface area contributed by atoms with Gasteiger partial charge in [0.2, 0.25) is 5.91 Å². The lowest BCUT2D eigenvalue weighted by Crippen LogP contribution is -2.51. The van der Waals surface area contributed by atoms with Gasteiger partial charge in [-0.15, -0.1) is 0 Å². The Balaban J connectivity index is 1.19. The van der Waals surface area contributed by atoms with Crippen molar-refractivity contribution in [2.24, 2.45) is 11.8 Å². The molecule has 0 aromatic heterocycles. The molecular weight excluding hydrogens is 458 g/mol. The van der Waals surface area contributed by atoms with Gasteiger partial charge in [0, 0.05) is 19.0 Å². The van der Waals surface area contributed by atoms with Crippen LogP contribution in [0, 0.1) is 11.8 Å². The molecule has 184 valence electrons. The number of benzene rings is 2. The molecule has 5 rings (SSSR count). The van der Waals surface area contributed by atoms with Gasteiger partial charge in [-0.25, -0.2) is 18.4 Å². The van der Waals surface area contributed by atoms with E-state index in [1.165, 1.54) is 6.92 Å². The van der Waals surface area contributed by atoms with Gasteiger partial charge in [0.1, 0.15) is 18.1 Å². The Morgan fingerprint density at radius 1 is 1.09 bits per heavy atom. The molecule has 1 aliphatic heterocycles. The number of carbonyl (C=O) groups excluding carboxylic acids is 2. The number of amides is 2. The first kappa shape index (κ1) is 23.3. The number of likely N-dealkylation sites (tertiary alicyclic amines) is 1. The zero-order valence-corrected chi connectivity index (χ0v) is 19.2. The standard InChI is InChI=1S/C26H26F2N2O5/c1-25(23(32)33)11-6-12-30(25)22(31)21-20(26(21,27)28)13-29-24(34)35-14-19-17-9-4-2-7-15(17)16-8-3-5-10-18(16)19/h2-5,7-10,19-21H,6,11-14H2,1H3,(H,29,34)(H,32,33)/t20-,21-,25?/m0/s1. The van der Waals surface area contributed by atoms with Crippen LogP contribution in [0.1, 0.15) is 36.8 Å². The van der Waals surface area contributed by atoms with E-state index in [9.17, 15) is 28.3 Å². The van der Waals surface area contributed by atoms with Crippen LogP contribution >= 0.6 is 0 Å². The second-order valence-corrected chi connectivity index (χ2v) is 9.64. The molecule has 2 aromatic carbocycles. The molecule has 0 bridgehead atoms. The quantitative estimate of drug-likeness (QED) is 0.649. The smallest absolute Gasteiger partial charge is 0.407 e. The molecule has 2 amide bonds. The lowest BCUT2D eigenvalue weighted by molar-refractivity contribution is -0.156. The Bertz CT molecular complexity index is 1160. The molecule has 3 aliphatic rings. The predicted molar refractivity (Wildman–Crippen MR) is 122 cm³/mol. The van der Waals surface area contributed by atoms with E-state index >= 15 is 0 Å². The fourth-order valence-corrected chi connectivity index (χ4v) is 5.53. The van der Waals surface area contributed by atoms with Gasteiger partial charge in [0.25, 0.3) is 5.92 Å². The van der Waals surface area contributed by atoms with Crippen molar-refractivity contribution in [2.75, 3.05) is 19.7 Å². The minimum Gasteiger partial charge on any atom is -0.480 e. The fraction of sp³-hybridized carbons (Fsp3) is 0.423. The number of aliphatic carboxylic acids is 1. The Morgan fingerprint density at radius 2 is 1.69 bits per heavy atom. The molecule has 9 heteroatoms. The number of carboxylic acid groups (broad SMARTS) is 1. The van der Waals surface area contributed by atoms with Gasteiger partial charge in [-0.1, -0.05) is 48.5 Å². The zero-order valence-electron chi connectivity index (χ0n) is 19.2. The van der Waals surface area contributed by atoms with Crippen molar-refractivity contribution in [2.45, 2.75) is 37.1 Å². The maximum Gasteiger partial charge on any atom is 0.407 e. The van der Waals surface area contributed by atoms with Crippen molar-refractivity contribution < 1.29 is 33.0 Å². The zero-order chi connectivity index (χ0) is 25.0.